The number of carbonyl (C=O) groups excluding carboxylic acids is 2. The summed E-state index contributed by atoms with van der Waals surface area (Å²) in [6.45, 7) is 3.13. The number of rotatable bonds is 36. The Balaban J connectivity index is 2.52. The maximum atomic E-state index is 12.8. The summed E-state index contributed by atoms with van der Waals surface area (Å²) in [5.74, 6) is -1.17. The van der Waals surface area contributed by atoms with E-state index in [4.69, 9.17) is 18.5 Å². The third kappa shape index (κ3) is 28.2. The summed E-state index contributed by atoms with van der Waals surface area (Å²) in [4.78, 5) is 35.6. The van der Waals surface area contributed by atoms with E-state index < -0.39 is 75.7 Å². The molecule has 6 atom stereocenters. The van der Waals surface area contributed by atoms with Crippen LogP contribution >= 0.6 is 7.82 Å². The topological polar surface area (TPSA) is 210 Å². The van der Waals surface area contributed by atoms with Crippen LogP contribution in [0.4, 0.5) is 0 Å². The van der Waals surface area contributed by atoms with E-state index in [9.17, 15) is 44.6 Å². The van der Waals surface area contributed by atoms with Crippen molar-refractivity contribution >= 4 is 19.8 Å². The second-order valence-corrected chi connectivity index (χ2v) is 16.9. The highest BCUT2D eigenvalue weighted by Gasteiger charge is 2.51. The molecule has 0 spiro atoms. The fourth-order valence-corrected chi connectivity index (χ4v) is 7.47. The number of hydrogen-bond donors (Lipinski definition) is 6. The molecule has 346 valence electrons. The molecule has 1 rings (SSSR count). The molecule has 0 amide bonds. The molecule has 0 heterocycles. The Hall–Kier alpha value is -2.45. The molecule has 6 unspecified atom stereocenters. The first-order valence-corrected chi connectivity index (χ1v) is 24.1. The number of carbonyl (C=O) groups is 2. The number of unbranched alkanes of at least 4 members (excludes halogenated alkanes) is 14. The number of phosphoric acid groups is 1. The van der Waals surface area contributed by atoms with E-state index >= 15 is 0 Å². The van der Waals surface area contributed by atoms with Gasteiger partial charge >= 0.3 is 19.8 Å². The van der Waals surface area contributed by atoms with Gasteiger partial charge in [-0.25, -0.2) is 4.57 Å². The minimum Gasteiger partial charge on any atom is -0.462 e. The van der Waals surface area contributed by atoms with E-state index in [2.05, 4.69) is 62.5 Å². The summed E-state index contributed by atoms with van der Waals surface area (Å²) in [5.41, 5.74) is 0. The molecular weight excluding hydrogens is 791 g/mol. The summed E-state index contributed by atoms with van der Waals surface area (Å²) >= 11 is 0. The van der Waals surface area contributed by atoms with Gasteiger partial charge in [0.1, 0.15) is 43.2 Å². The van der Waals surface area contributed by atoms with E-state index in [-0.39, 0.29) is 12.8 Å². The van der Waals surface area contributed by atoms with E-state index in [0.717, 1.165) is 51.4 Å². The summed E-state index contributed by atoms with van der Waals surface area (Å²) < 4.78 is 33.4. The van der Waals surface area contributed by atoms with E-state index in [1.807, 2.05) is 12.2 Å². The maximum Gasteiger partial charge on any atom is 0.472 e. The van der Waals surface area contributed by atoms with Crippen molar-refractivity contribution in [2.45, 2.75) is 204 Å². The van der Waals surface area contributed by atoms with Gasteiger partial charge in [-0.2, -0.15) is 0 Å². The first-order chi connectivity index (χ1) is 28.9. The number of phosphoric ester groups is 1. The quantitative estimate of drug-likeness (QED) is 0.0151. The minimum absolute atomic E-state index is 0.0175. The molecular formula is C46H79O13P. The van der Waals surface area contributed by atoms with Gasteiger partial charge in [-0.05, 0) is 51.4 Å². The molecule has 0 saturated heterocycles. The predicted molar refractivity (Wildman–Crippen MR) is 235 cm³/mol. The van der Waals surface area contributed by atoms with E-state index in [0.29, 0.717) is 19.3 Å². The zero-order chi connectivity index (χ0) is 44.3. The summed E-state index contributed by atoms with van der Waals surface area (Å²) in [6, 6.07) is 0. The fraction of sp³-hybridized carbons (Fsp3) is 0.739. The first kappa shape index (κ1) is 55.6. The van der Waals surface area contributed by atoms with Gasteiger partial charge in [-0.15, -0.1) is 0 Å². The highest BCUT2D eigenvalue weighted by atomic mass is 31.2. The van der Waals surface area contributed by atoms with Crippen LogP contribution in [-0.4, -0.2) is 98.3 Å². The van der Waals surface area contributed by atoms with Gasteiger partial charge in [0.15, 0.2) is 6.10 Å². The van der Waals surface area contributed by atoms with Crippen LogP contribution in [0.15, 0.2) is 60.8 Å². The van der Waals surface area contributed by atoms with E-state index in [1.54, 1.807) is 0 Å². The highest BCUT2D eigenvalue weighted by molar-refractivity contribution is 7.47. The molecule has 1 aliphatic carbocycles. The van der Waals surface area contributed by atoms with Crippen LogP contribution in [0.1, 0.15) is 162 Å². The highest BCUT2D eigenvalue weighted by Crippen LogP contribution is 2.47. The van der Waals surface area contributed by atoms with Gasteiger partial charge in [-0.1, -0.05) is 158 Å². The number of esters is 2. The molecule has 1 aliphatic rings. The average molecular weight is 871 g/mol. The van der Waals surface area contributed by atoms with Crippen molar-refractivity contribution in [1.29, 1.82) is 0 Å². The molecule has 1 fully saturated rings. The Morgan fingerprint density at radius 1 is 0.533 bits per heavy atom. The Kier molecular flexibility index (Phi) is 33.4. The van der Waals surface area contributed by atoms with Crippen LogP contribution in [0.3, 0.4) is 0 Å². The Morgan fingerprint density at radius 3 is 1.43 bits per heavy atom. The van der Waals surface area contributed by atoms with Crippen LogP contribution in [0.25, 0.3) is 0 Å². The van der Waals surface area contributed by atoms with Crippen molar-refractivity contribution in [2.75, 3.05) is 13.2 Å². The van der Waals surface area contributed by atoms with Gasteiger partial charge in [0.05, 0.1) is 6.61 Å². The van der Waals surface area contributed by atoms with Crippen molar-refractivity contribution < 1.29 is 63.1 Å². The minimum atomic E-state index is -5.13. The Morgan fingerprint density at radius 2 is 0.950 bits per heavy atom. The molecule has 60 heavy (non-hydrogen) atoms. The molecule has 0 aromatic rings. The van der Waals surface area contributed by atoms with Crippen LogP contribution in [0.2, 0.25) is 0 Å². The summed E-state index contributed by atoms with van der Waals surface area (Å²) in [6.07, 6.45) is 30.0. The molecule has 0 aromatic carbocycles. The Bertz CT molecular complexity index is 1280. The molecule has 13 nitrogen and oxygen atoms in total. The second-order valence-electron chi connectivity index (χ2n) is 15.5. The SMILES string of the molecule is CCC=CCC=CCC=CCC=CCC=CCCCC(=O)OC(COC(=O)CCCCCCCCCCCCCCCC)COP(=O)(O)OC1C(O)C(O)C(O)C(O)C1O. The van der Waals surface area contributed by atoms with Crippen LogP contribution in [-0.2, 0) is 32.7 Å². The van der Waals surface area contributed by atoms with Crippen molar-refractivity contribution in [1.82, 2.24) is 0 Å². The number of ether oxygens (including phenoxy) is 2. The van der Waals surface area contributed by atoms with E-state index in [1.165, 1.54) is 64.2 Å². The van der Waals surface area contributed by atoms with Crippen molar-refractivity contribution in [2.24, 2.45) is 0 Å². The van der Waals surface area contributed by atoms with Gasteiger partial charge < -0.3 is 39.9 Å². The lowest BCUT2D eigenvalue weighted by molar-refractivity contribution is -0.220. The standard InChI is InChI=1S/C46H79O13P/c1-3-5-7-9-11-13-15-17-19-20-21-23-25-27-29-31-33-35-40(48)58-38(37-57-60(54,55)59-46-44(52)42(50)41(49)43(51)45(46)53)36-56-39(47)34-32-30-28-26-24-22-18-16-14-12-10-8-6-4-2/h5,7,11,13,17,19,21,23,27,29,38,41-46,49-53H,3-4,6,8-10,12,14-16,18,20,22,24-26,28,30-37H2,1-2H3,(H,54,55). The van der Waals surface area contributed by atoms with Gasteiger partial charge in [-0.3, -0.25) is 18.6 Å². The number of allylic oxidation sites excluding steroid dienone is 10. The summed E-state index contributed by atoms with van der Waals surface area (Å²) in [7, 11) is -5.13. The maximum absolute atomic E-state index is 12.8. The van der Waals surface area contributed by atoms with Gasteiger partial charge in [0, 0.05) is 12.8 Å². The van der Waals surface area contributed by atoms with Crippen molar-refractivity contribution in [3.05, 3.63) is 60.8 Å². The Labute approximate surface area is 360 Å². The lowest BCUT2D eigenvalue weighted by Crippen LogP contribution is -2.64. The second kappa shape index (κ2) is 36.1. The monoisotopic (exact) mass is 871 g/mol. The molecule has 0 aliphatic heterocycles. The van der Waals surface area contributed by atoms with Gasteiger partial charge in [0.25, 0.3) is 0 Å². The van der Waals surface area contributed by atoms with Crippen molar-refractivity contribution in [3.8, 4) is 0 Å². The largest absolute Gasteiger partial charge is 0.472 e. The predicted octanol–water partition coefficient (Wildman–Crippen LogP) is 8.55. The van der Waals surface area contributed by atoms with Gasteiger partial charge in [0.2, 0.25) is 0 Å². The molecule has 0 bridgehead atoms. The average Bonchev–Trinajstić information content (AvgIpc) is 3.23. The molecule has 6 N–H and O–H groups in total. The summed E-state index contributed by atoms with van der Waals surface area (Å²) in [5, 5.41) is 50.1. The smallest absolute Gasteiger partial charge is 0.462 e. The lowest BCUT2D eigenvalue weighted by atomic mass is 9.85. The molecule has 0 aromatic heterocycles. The number of hydrogen-bond acceptors (Lipinski definition) is 12. The molecule has 1 saturated carbocycles. The molecule has 0 radical (unpaired) electrons. The number of aliphatic hydroxyl groups excluding tert-OH is 5. The lowest BCUT2D eigenvalue weighted by Gasteiger charge is -2.41. The van der Waals surface area contributed by atoms with Crippen LogP contribution in [0.5, 0.6) is 0 Å². The normalized spacial score (nSPS) is 22.7. The number of aliphatic hydroxyl groups is 5. The third-order valence-electron chi connectivity index (χ3n) is 10.1. The third-order valence-corrected chi connectivity index (χ3v) is 11.1. The molecule has 14 heteroatoms. The van der Waals surface area contributed by atoms with Crippen molar-refractivity contribution in [3.63, 3.8) is 0 Å². The fourth-order valence-electron chi connectivity index (χ4n) is 6.50. The zero-order valence-corrected chi connectivity index (χ0v) is 37.4. The van der Waals surface area contributed by atoms with Crippen LogP contribution < -0.4 is 0 Å². The first-order valence-electron chi connectivity index (χ1n) is 22.6. The van der Waals surface area contributed by atoms with Crippen LogP contribution in [0, 0.1) is 0 Å². The zero-order valence-electron chi connectivity index (χ0n) is 36.5.